The van der Waals surface area contributed by atoms with Crippen LogP contribution in [0.3, 0.4) is 0 Å². The Morgan fingerprint density at radius 1 is 1.42 bits per heavy atom. The van der Waals surface area contributed by atoms with Crippen molar-refractivity contribution in [2.24, 2.45) is 0 Å². The summed E-state index contributed by atoms with van der Waals surface area (Å²) >= 11 is 1.79. The van der Waals surface area contributed by atoms with Crippen LogP contribution in [0.5, 0.6) is 0 Å². The van der Waals surface area contributed by atoms with E-state index in [1.54, 1.807) is 11.3 Å². The molecule has 2 aromatic heterocycles. The summed E-state index contributed by atoms with van der Waals surface area (Å²) in [7, 11) is 1.91. The largest absolute Gasteiger partial charge is 0.360 e. The Morgan fingerprint density at radius 2 is 2.26 bits per heavy atom. The van der Waals surface area contributed by atoms with Crippen molar-refractivity contribution in [3.05, 3.63) is 39.9 Å². The molecular formula is C14H21N3OS. The summed E-state index contributed by atoms with van der Waals surface area (Å²) in [6.07, 6.45) is 0. The number of nitrogens with one attached hydrogen (secondary N) is 1. The molecule has 19 heavy (non-hydrogen) atoms. The lowest BCUT2D eigenvalue weighted by molar-refractivity contribution is 0.181. The van der Waals surface area contributed by atoms with Crippen LogP contribution in [-0.2, 0) is 19.6 Å². The van der Waals surface area contributed by atoms with Gasteiger partial charge >= 0.3 is 0 Å². The first-order chi connectivity index (χ1) is 9.19. The van der Waals surface area contributed by atoms with Gasteiger partial charge in [0.15, 0.2) is 5.76 Å². The van der Waals surface area contributed by atoms with Crippen LogP contribution in [0.1, 0.15) is 30.2 Å². The third kappa shape index (κ3) is 4.16. The lowest BCUT2D eigenvalue weighted by Gasteiger charge is -2.24. The van der Waals surface area contributed by atoms with Gasteiger partial charge in [-0.3, -0.25) is 4.90 Å². The van der Waals surface area contributed by atoms with Crippen molar-refractivity contribution >= 4 is 11.3 Å². The first-order valence-corrected chi connectivity index (χ1v) is 7.42. The Hall–Kier alpha value is -1.17. The molecule has 5 heteroatoms. The van der Waals surface area contributed by atoms with E-state index in [0.717, 1.165) is 31.1 Å². The lowest BCUT2D eigenvalue weighted by atomic mass is 10.2. The summed E-state index contributed by atoms with van der Waals surface area (Å²) in [5, 5.41) is 9.25. The van der Waals surface area contributed by atoms with Gasteiger partial charge < -0.3 is 9.84 Å². The Balaban J connectivity index is 1.99. The average Bonchev–Trinajstić information content (AvgIpc) is 3.01. The molecule has 4 nitrogen and oxygen atoms in total. The fraction of sp³-hybridized carbons (Fsp3) is 0.500. The zero-order valence-electron chi connectivity index (χ0n) is 11.7. The molecule has 104 valence electrons. The molecular weight excluding hydrogens is 258 g/mol. The second kappa shape index (κ2) is 6.84. The molecule has 0 bridgehead atoms. The van der Waals surface area contributed by atoms with Crippen LogP contribution in [0.25, 0.3) is 0 Å². The van der Waals surface area contributed by atoms with Gasteiger partial charge in [-0.25, -0.2) is 0 Å². The number of aromatic nitrogens is 1. The minimum Gasteiger partial charge on any atom is -0.360 e. The van der Waals surface area contributed by atoms with Crippen LogP contribution in [0.2, 0.25) is 0 Å². The monoisotopic (exact) mass is 279 g/mol. The maximum absolute atomic E-state index is 5.39. The molecule has 0 spiro atoms. The van der Waals surface area contributed by atoms with Crippen molar-refractivity contribution in [3.8, 4) is 0 Å². The molecule has 2 rings (SSSR count). The van der Waals surface area contributed by atoms with Crippen molar-refractivity contribution in [2.45, 2.75) is 39.5 Å². The summed E-state index contributed by atoms with van der Waals surface area (Å²) in [4.78, 5) is 3.76. The first kappa shape index (κ1) is 14.2. The van der Waals surface area contributed by atoms with Gasteiger partial charge in [0.05, 0.1) is 12.2 Å². The third-order valence-electron chi connectivity index (χ3n) is 2.99. The third-order valence-corrected chi connectivity index (χ3v) is 3.86. The topological polar surface area (TPSA) is 41.3 Å². The van der Waals surface area contributed by atoms with Crippen LogP contribution in [0.4, 0.5) is 0 Å². The molecule has 0 fully saturated rings. The minimum atomic E-state index is 0.472. The van der Waals surface area contributed by atoms with E-state index in [0.29, 0.717) is 6.04 Å². The highest BCUT2D eigenvalue weighted by Crippen LogP contribution is 2.17. The molecule has 0 amide bonds. The van der Waals surface area contributed by atoms with Gasteiger partial charge in [-0.2, -0.15) is 0 Å². The van der Waals surface area contributed by atoms with Gasteiger partial charge in [-0.15, -0.1) is 11.3 Å². The fourth-order valence-electron chi connectivity index (χ4n) is 1.92. The van der Waals surface area contributed by atoms with Gasteiger partial charge in [0.25, 0.3) is 0 Å². The van der Waals surface area contributed by atoms with E-state index in [-0.39, 0.29) is 0 Å². The van der Waals surface area contributed by atoms with E-state index in [1.165, 1.54) is 4.88 Å². The molecule has 2 heterocycles. The highest BCUT2D eigenvalue weighted by Gasteiger charge is 2.14. The van der Waals surface area contributed by atoms with Crippen LogP contribution >= 0.6 is 11.3 Å². The number of nitrogens with zero attached hydrogens (tertiary/aromatic N) is 2. The van der Waals surface area contributed by atoms with Crippen molar-refractivity contribution in [2.75, 3.05) is 7.05 Å². The normalized spacial score (nSPS) is 11.6. The summed E-state index contributed by atoms with van der Waals surface area (Å²) in [6.45, 7) is 6.91. The molecule has 0 aliphatic heterocycles. The maximum atomic E-state index is 5.39. The van der Waals surface area contributed by atoms with Crippen molar-refractivity contribution < 1.29 is 4.52 Å². The van der Waals surface area contributed by atoms with Crippen LogP contribution < -0.4 is 5.32 Å². The number of hydrogen-bond donors (Lipinski definition) is 1. The summed E-state index contributed by atoms with van der Waals surface area (Å²) in [5.41, 5.74) is 0.956. The van der Waals surface area contributed by atoms with Gasteiger partial charge in [0, 0.05) is 30.1 Å². The van der Waals surface area contributed by atoms with Crippen molar-refractivity contribution in [3.63, 3.8) is 0 Å². The quantitative estimate of drug-likeness (QED) is 0.846. The standard InChI is InChI=1S/C14H21N3OS/c1-11(2)17(10-14-5-4-6-19-14)9-13-7-12(8-15-3)16-18-13/h4-7,11,15H,8-10H2,1-3H3. The second-order valence-electron chi connectivity index (χ2n) is 4.89. The lowest BCUT2D eigenvalue weighted by Crippen LogP contribution is -2.29. The van der Waals surface area contributed by atoms with E-state index >= 15 is 0 Å². The van der Waals surface area contributed by atoms with Gasteiger partial charge in [0.1, 0.15) is 0 Å². The minimum absolute atomic E-state index is 0.472. The van der Waals surface area contributed by atoms with Gasteiger partial charge in [-0.05, 0) is 32.3 Å². The van der Waals surface area contributed by atoms with E-state index < -0.39 is 0 Å². The van der Waals surface area contributed by atoms with Gasteiger partial charge in [-0.1, -0.05) is 11.2 Å². The molecule has 0 aliphatic carbocycles. The van der Waals surface area contributed by atoms with E-state index in [9.17, 15) is 0 Å². The second-order valence-corrected chi connectivity index (χ2v) is 5.93. The fourth-order valence-corrected chi connectivity index (χ4v) is 2.65. The first-order valence-electron chi connectivity index (χ1n) is 6.54. The highest BCUT2D eigenvalue weighted by atomic mass is 32.1. The predicted molar refractivity (Wildman–Crippen MR) is 78.0 cm³/mol. The van der Waals surface area contributed by atoms with Crippen LogP contribution in [-0.4, -0.2) is 23.1 Å². The van der Waals surface area contributed by atoms with Gasteiger partial charge in [0.2, 0.25) is 0 Å². The maximum Gasteiger partial charge on any atom is 0.151 e. The molecule has 0 aromatic carbocycles. The van der Waals surface area contributed by atoms with Crippen LogP contribution in [0.15, 0.2) is 28.1 Å². The van der Waals surface area contributed by atoms with E-state index in [4.69, 9.17) is 4.52 Å². The highest BCUT2D eigenvalue weighted by molar-refractivity contribution is 7.09. The summed E-state index contributed by atoms with van der Waals surface area (Å²) < 4.78 is 5.39. The molecule has 0 saturated heterocycles. The Labute approximate surface area is 118 Å². The number of hydrogen-bond acceptors (Lipinski definition) is 5. The molecule has 0 aliphatic rings. The predicted octanol–water partition coefficient (Wildman–Crippen LogP) is 2.87. The SMILES string of the molecule is CNCc1cc(CN(Cc2cccs2)C(C)C)on1. The molecule has 0 unspecified atom stereocenters. The van der Waals surface area contributed by atoms with E-state index in [1.807, 2.05) is 13.1 Å². The number of rotatable bonds is 7. The summed E-state index contributed by atoms with van der Waals surface area (Å²) in [6, 6.07) is 6.77. The van der Waals surface area contributed by atoms with Crippen LogP contribution in [0, 0.1) is 0 Å². The Morgan fingerprint density at radius 3 is 2.89 bits per heavy atom. The number of thiophene rings is 1. The zero-order valence-corrected chi connectivity index (χ0v) is 12.5. The molecule has 0 radical (unpaired) electrons. The smallest absolute Gasteiger partial charge is 0.151 e. The Bertz CT molecular complexity index is 479. The molecule has 2 aromatic rings. The molecule has 0 atom stereocenters. The molecule has 1 N–H and O–H groups in total. The average molecular weight is 279 g/mol. The van der Waals surface area contributed by atoms with E-state index in [2.05, 4.69) is 46.7 Å². The summed E-state index contributed by atoms with van der Waals surface area (Å²) in [5.74, 6) is 0.926. The zero-order chi connectivity index (χ0) is 13.7. The van der Waals surface area contributed by atoms with Crippen molar-refractivity contribution in [1.29, 1.82) is 0 Å². The molecule has 0 saturated carbocycles. The van der Waals surface area contributed by atoms with Crippen molar-refractivity contribution in [1.82, 2.24) is 15.4 Å². The Kier molecular flexibility index (Phi) is 5.13.